The number of carbonyl (C=O) groups is 2. The summed E-state index contributed by atoms with van der Waals surface area (Å²) in [6.45, 7) is 4.21. The predicted molar refractivity (Wildman–Crippen MR) is 54.6 cm³/mol. The number of amides is 2. The number of carboxylic acids is 1. The van der Waals surface area contributed by atoms with Crippen molar-refractivity contribution in [1.82, 2.24) is 10.2 Å². The lowest BCUT2D eigenvalue weighted by Crippen LogP contribution is -2.49. The molecule has 0 fully saturated rings. The van der Waals surface area contributed by atoms with Crippen molar-refractivity contribution in [2.45, 2.75) is 26.3 Å². The largest absolute Gasteiger partial charge is 0.480 e. The first-order valence-corrected chi connectivity index (χ1v) is 4.95. The van der Waals surface area contributed by atoms with Gasteiger partial charge in [-0.15, -0.1) is 0 Å². The van der Waals surface area contributed by atoms with Crippen LogP contribution in [0.5, 0.6) is 0 Å². The van der Waals surface area contributed by atoms with Crippen molar-refractivity contribution >= 4 is 12.0 Å². The SMILES string of the molecule is CCCN(CC)C(=O)N[C@H](CO)C(=O)O. The van der Waals surface area contributed by atoms with Crippen molar-refractivity contribution in [1.29, 1.82) is 0 Å². The zero-order chi connectivity index (χ0) is 11.8. The van der Waals surface area contributed by atoms with Crippen LogP contribution in [0.1, 0.15) is 20.3 Å². The molecule has 2 amide bonds. The van der Waals surface area contributed by atoms with Crippen LogP contribution in [0.25, 0.3) is 0 Å². The van der Waals surface area contributed by atoms with E-state index in [1.807, 2.05) is 13.8 Å². The summed E-state index contributed by atoms with van der Waals surface area (Å²) < 4.78 is 0. The molecule has 0 aliphatic carbocycles. The summed E-state index contributed by atoms with van der Waals surface area (Å²) in [5.41, 5.74) is 0. The molecule has 3 N–H and O–H groups in total. The molecule has 0 heterocycles. The first-order chi connectivity index (χ1) is 7.06. The van der Waals surface area contributed by atoms with Crippen LogP contribution < -0.4 is 5.32 Å². The second-order valence-electron chi connectivity index (χ2n) is 3.10. The molecule has 0 spiro atoms. The maximum absolute atomic E-state index is 11.5. The Balaban J connectivity index is 4.24. The summed E-state index contributed by atoms with van der Waals surface area (Å²) in [5, 5.41) is 19.6. The first kappa shape index (κ1) is 13.7. The number of carbonyl (C=O) groups excluding carboxylic acids is 1. The number of nitrogens with zero attached hydrogens (tertiary/aromatic N) is 1. The van der Waals surface area contributed by atoms with Crippen molar-refractivity contribution in [2.75, 3.05) is 19.7 Å². The molecule has 0 rings (SSSR count). The molecular formula is C9H18N2O4. The molecule has 1 atom stereocenters. The number of aliphatic hydroxyl groups is 1. The minimum atomic E-state index is -1.24. The van der Waals surface area contributed by atoms with Crippen LogP contribution in [0, 0.1) is 0 Å². The fourth-order valence-corrected chi connectivity index (χ4v) is 1.10. The molecule has 88 valence electrons. The summed E-state index contributed by atoms with van der Waals surface area (Å²) in [4.78, 5) is 23.5. The van der Waals surface area contributed by atoms with Gasteiger partial charge in [-0.2, -0.15) is 0 Å². The molecule has 15 heavy (non-hydrogen) atoms. The maximum Gasteiger partial charge on any atom is 0.328 e. The second kappa shape index (κ2) is 7.05. The third-order valence-electron chi connectivity index (χ3n) is 1.94. The van der Waals surface area contributed by atoms with Gasteiger partial charge in [-0.1, -0.05) is 6.92 Å². The summed E-state index contributed by atoms with van der Waals surface area (Å²) in [5.74, 6) is -1.24. The predicted octanol–water partition coefficient (Wildman–Crippen LogP) is -0.127. The number of urea groups is 1. The van der Waals surface area contributed by atoms with E-state index in [4.69, 9.17) is 10.2 Å². The number of aliphatic carboxylic acids is 1. The molecule has 0 aliphatic rings. The topological polar surface area (TPSA) is 89.9 Å². The highest BCUT2D eigenvalue weighted by Gasteiger charge is 2.21. The molecule has 0 aromatic carbocycles. The Bertz CT molecular complexity index is 220. The van der Waals surface area contributed by atoms with Crippen LogP contribution in [0.3, 0.4) is 0 Å². The molecule has 0 aliphatic heterocycles. The van der Waals surface area contributed by atoms with E-state index in [0.717, 1.165) is 6.42 Å². The third-order valence-corrected chi connectivity index (χ3v) is 1.94. The number of aliphatic hydroxyl groups excluding tert-OH is 1. The lowest BCUT2D eigenvalue weighted by Gasteiger charge is -2.22. The molecule has 0 saturated carbocycles. The zero-order valence-corrected chi connectivity index (χ0v) is 9.06. The van der Waals surface area contributed by atoms with Gasteiger partial charge in [0.2, 0.25) is 0 Å². The molecule has 0 saturated heterocycles. The van der Waals surface area contributed by atoms with Gasteiger partial charge < -0.3 is 20.4 Å². The molecule has 6 heteroatoms. The lowest BCUT2D eigenvalue weighted by atomic mass is 10.3. The standard InChI is InChI=1S/C9H18N2O4/c1-3-5-11(4-2)9(15)10-7(6-12)8(13)14/h7,12H,3-6H2,1-2H3,(H,10,15)(H,13,14)/t7-/m1/s1. The maximum atomic E-state index is 11.5. The second-order valence-corrected chi connectivity index (χ2v) is 3.10. The van der Waals surface area contributed by atoms with E-state index in [9.17, 15) is 9.59 Å². The minimum Gasteiger partial charge on any atom is -0.480 e. The Morgan fingerprint density at radius 3 is 2.33 bits per heavy atom. The van der Waals surface area contributed by atoms with Gasteiger partial charge in [0.05, 0.1) is 6.61 Å². The van der Waals surface area contributed by atoms with E-state index >= 15 is 0 Å². The Labute approximate surface area is 88.9 Å². The summed E-state index contributed by atoms with van der Waals surface area (Å²) in [7, 11) is 0. The van der Waals surface area contributed by atoms with Gasteiger partial charge >= 0.3 is 12.0 Å². The van der Waals surface area contributed by atoms with Gasteiger partial charge in [-0.05, 0) is 13.3 Å². The van der Waals surface area contributed by atoms with Crippen molar-refractivity contribution in [3.63, 3.8) is 0 Å². The van der Waals surface area contributed by atoms with Crippen LogP contribution in [0.4, 0.5) is 4.79 Å². The van der Waals surface area contributed by atoms with Gasteiger partial charge in [-0.25, -0.2) is 9.59 Å². The van der Waals surface area contributed by atoms with Crippen molar-refractivity contribution in [2.24, 2.45) is 0 Å². The quantitative estimate of drug-likeness (QED) is 0.579. The monoisotopic (exact) mass is 218 g/mol. The summed E-state index contributed by atoms with van der Waals surface area (Å²) in [6, 6.07) is -1.69. The van der Waals surface area contributed by atoms with E-state index in [1.165, 1.54) is 4.90 Å². The van der Waals surface area contributed by atoms with E-state index in [-0.39, 0.29) is 0 Å². The first-order valence-electron chi connectivity index (χ1n) is 4.95. The Morgan fingerprint density at radius 2 is 2.00 bits per heavy atom. The number of nitrogens with one attached hydrogen (secondary N) is 1. The fraction of sp³-hybridized carbons (Fsp3) is 0.778. The summed E-state index contributed by atoms with van der Waals surface area (Å²) in [6.07, 6.45) is 0.804. The van der Waals surface area contributed by atoms with Crippen LogP contribution in [-0.4, -0.2) is 52.9 Å². The van der Waals surface area contributed by atoms with Crippen LogP contribution in [-0.2, 0) is 4.79 Å². The van der Waals surface area contributed by atoms with E-state index in [1.54, 1.807) is 0 Å². The van der Waals surface area contributed by atoms with Crippen LogP contribution in [0.15, 0.2) is 0 Å². The van der Waals surface area contributed by atoms with Crippen molar-refractivity contribution in [3.05, 3.63) is 0 Å². The van der Waals surface area contributed by atoms with E-state index in [0.29, 0.717) is 13.1 Å². The Kier molecular flexibility index (Phi) is 6.44. The van der Waals surface area contributed by atoms with Crippen molar-refractivity contribution in [3.8, 4) is 0 Å². The Morgan fingerprint density at radius 1 is 1.40 bits per heavy atom. The third kappa shape index (κ3) is 4.64. The summed E-state index contributed by atoms with van der Waals surface area (Å²) >= 11 is 0. The fourth-order valence-electron chi connectivity index (χ4n) is 1.10. The van der Waals surface area contributed by atoms with Gasteiger partial charge in [0, 0.05) is 13.1 Å². The molecular weight excluding hydrogens is 200 g/mol. The van der Waals surface area contributed by atoms with Gasteiger partial charge in [0.15, 0.2) is 6.04 Å². The highest BCUT2D eigenvalue weighted by Crippen LogP contribution is 1.93. The molecule has 6 nitrogen and oxygen atoms in total. The smallest absolute Gasteiger partial charge is 0.328 e. The van der Waals surface area contributed by atoms with Crippen LogP contribution in [0.2, 0.25) is 0 Å². The average Bonchev–Trinajstić information content (AvgIpc) is 2.21. The minimum absolute atomic E-state index is 0.458. The van der Waals surface area contributed by atoms with Crippen LogP contribution >= 0.6 is 0 Å². The molecule has 0 bridgehead atoms. The molecule has 0 unspecified atom stereocenters. The number of rotatable bonds is 6. The number of carboxylic acid groups (broad SMARTS) is 1. The molecule has 0 radical (unpaired) electrons. The molecule has 0 aromatic rings. The van der Waals surface area contributed by atoms with E-state index < -0.39 is 24.6 Å². The van der Waals surface area contributed by atoms with E-state index in [2.05, 4.69) is 5.32 Å². The normalized spacial score (nSPS) is 11.9. The highest BCUT2D eigenvalue weighted by molar-refractivity contribution is 5.82. The van der Waals surface area contributed by atoms with Crippen molar-refractivity contribution < 1.29 is 19.8 Å². The average molecular weight is 218 g/mol. The highest BCUT2D eigenvalue weighted by atomic mass is 16.4. The van der Waals surface area contributed by atoms with Gasteiger partial charge in [0.1, 0.15) is 0 Å². The van der Waals surface area contributed by atoms with Gasteiger partial charge in [0.25, 0.3) is 0 Å². The number of hydrogen-bond acceptors (Lipinski definition) is 3. The lowest BCUT2D eigenvalue weighted by molar-refractivity contribution is -0.140. The Hall–Kier alpha value is -1.30. The molecule has 0 aromatic heterocycles. The number of hydrogen-bond donors (Lipinski definition) is 3. The van der Waals surface area contributed by atoms with Gasteiger partial charge in [-0.3, -0.25) is 0 Å². The zero-order valence-electron chi connectivity index (χ0n) is 9.06.